The van der Waals surface area contributed by atoms with Crippen LogP contribution >= 0.6 is 47.0 Å². The molecule has 0 spiro atoms. The van der Waals surface area contributed by atoms with Gasteiger partial charge in [0.05, 0.1) is 27.6 Å². The fraction of sp³-hybridized carbons (Fsp3) is 0.100. The van der Waals surface area contributed by atoms with Crippen molar-refractivity contribution in [3.05, 3.63) is 38.6 Å². The quantitative estimate of drug-likeness (QED) is 0.792. The van der Waals surface area contributed by atoms with Gasteiger partial charge in [-0.1, -0.05) is 41.4 Å². The molecule has 0 saturated heterocycles. The van der Waals surface area contributed by atoms with E-state index in [2.05, 4.69) is 11.6 Å². The number of benzene rings is 1. The van der Waals surface area contributed by atoms with Crippen molar-refractivity contribution in [1.82, 2.24) is 9.55 Å². The van der Waals surface area contributed by atoms with Crippen molar-refractivity contribution in [2.75, 3.05) is 0 Å². The number of nitrogens with one attached hydrogen (secondary N) is 1. The second-order valence-corrected chi connectivity index (χ2v) is 5.05. The molecule has 0 aliphatic carbocycles. The molecule has 1 heterocycles. The van der Waals surface area contributed by atoms with Crippen LogP contribution in [0.15, 0.2) is 23.7 Å². The topological polar surface area (TPSA) is 20.7 Å². The van der Waals surface area contributed by atoms with Crippen LogP contribution in [0.25, 0.3) is 11.0 Å². The van der Waals surface area contributed by atoms with Crippen LogP contribution < -0.4 is 0 Å². The standard InChI is InChI=1S/C10H7Cl3N2S/c1-5(11)4-15-9-3-7(13)6(12)2-8(9)14-10(15)16/h2-3H,1,4H2,(H,14,16). The van der Waals surface area contributed by atoms with E-state index in [4.69, 9.17) is 47.0 Å². The number of aromatic nitrogens is 2. The Morgan fingerprint density at radius 2 is 2.00 bits per heavy atom. The Balaban J connectivity index is 2.74. The lowest BCUT2D eigenvalue weighted by Crippen LogP contribution is -1.97. The number of nitrogens with zero attached hydrogens (tertiary/aromatic N) is 1. The van der Waals surface area contributed by atoms with Gasteiger partial charge < -0.3 is 9.55 Å². The summed E-state index contributed by atoms with van der Waals surface area (Å²) in [5.41, 5.74) is 1.69. The van der Waals surface area contributed by atoms with E-state index >= 15 is 0 Å². The van der Waals surface area contributed by atoms with Gasteiger partial charge in [-0.2, -0.15) is 0 Å². The van der Waals surface area contributed by atoms with Crippen LogP contribution in [0, 0.1) is 4.77 Å². The van der Waals surface area contributed by atoms with E-state index in [9.17, 15) is 0 Å². The molecule has 0 fully saturated rings. The van der Waals surface area contributed by atoms with E-state index in [0.29, 0.717) is 26.4 Å². The van der Waals surface area contributed by atoms with Crippen molar-refractivity contribution < 1.29 is 0 Å². The van der Waals surface area contributed by atoms with E-state index < -0.39 is 0 Å². The fourth-order valence-corrected chi connectivity index (χ4v) is 2.19. The predicted octanol–water partition coefficient (Wildman–Crippen LogP) is 4.76. The molecule has 2 nitrogen and oxygen atoms in total. The molecule has 2 aromatic rings. The molecule has 0 amide bonds. The Morgan fingerprint density at radius 3 is 2.62 bits per heavy atom. The van der Waals surface area contributed by atoms with Crippen LogP contribution in [0.3, 0.4) is 0 Å². The molecule has 0 aliphatic heterocycles. The molecule has 0 saturated carbocycles. The minimum absolute atomic E-state index is 0.443. The lowest BCUT2D eigenvalue weighted by atomic mass is 10.3. The fourth-order valence-electron chi connectivity index (χ4n) is 1.48. The Kier molecular flexibility index (Phi) is 3.31. The molecule has 0 bridgehead atoms. The van der Waals surface area contributed by atoms with Crippen molar-refractivity contribution in [2.24, 2.45) is 0 Å². The first-order valence-electron chi connectivity index (χ1n) is 4.40. The van der Waals surface area contributed by atoms with Crippen LogP contribution in [0.4, 0.5) is 0 Å². The number of aromatic amines is 1. The summed E-state index contributed by atoms with van der Waals surface area (Å²) in [7, 11) is 0. The Bertz CT molecular complexity index is 627. The summed E-state index contributed by atoms with van der Waals surface area (Å²) in [6.07, 6.45) is 0. The van der Waals surface area contributed by atoms with Crippen molar-refractivity contribution in [1.29, 1.82) is 0 Å². The molecule has 6 heteroatoms. The van der Waals surface area contributed by atoms with Crippen LogP contribution in [0.2, 0.25) is 10.0 Å². The maximum absolute atomic E-state index is 5.96. The third-order valence-corrected chi connectivity index (χ3v) is 3.31. The monoisotopic (exact) mass is 292 g/mol. The minimum Gasteiger partial charge on any atom is -0.331 e. The number of halogens is 3. The number of H-pyrrole nitrogens is 1. The van der Waals surface area contributed by atoms with Gasteiger partial charge in [0.15, 0.2) is 4.77 Å². The number of rotatable bonds is 2. The van der Waals surface area contributed by atoms with E-state index in [-0.39, 0.29) is 0 Å². The Labute approximate surface area is 112 Å². The van der Waals surface area contributed by atoms with E-state index in [0.717, 1.165) is 11.0 Å². The molecule has 0 radical (unpaired) electrons. The molecule has 0 atom stereocenters. The summed E-state index contributed by atoms with van der Waals surface area (Å²) in [5, 5.41) is 1.47. The molecule has 1 aromatic carbocycles. The van der Waals surface area contributed by atoms with Gasteiger partial charge in [-0.3, -0.25) is 0 Å². The molecule has 16 heavy (non-hydrogen) atoms. The summed E-state index contributed by atoms with van der Waals surface area (Å²) in [4.78, 5) is 3.04. The molecule has 0 aliphatic rings. The summed E-state index contributed by atoms with van der Waals surface area (Å²) in [5.74, 6) is 0. The average Bonchev–Trinajstić information content (AvgIpc) is 2.45. The highest BCUT2D eigenvalue weighted by Crippen LogP contribution is 2.28. The largest absolute Gasteiger partial charge is 0.331 e. The molecule has 1 N–H and O–H groups in total. The number of hydrogen-bond acceptors (Lipinski definition) is 1. The molecule has 1 aromatic heterocycles. The van der Waals surface area contributed by atoms with Crippen LogP contribution in [-0.2, 0) is 6.54 Å². The predicted molar refractivity (Wildman–Crippen MR) is 72.1 cm³/mol. The summed E-state index contributed by atoms with van der Waals surface area (Å²) in [6, 6.07) is 3.49. The number of allylic oxidation sites excluding steroid dienone is 1. The lowest BCUT2D eigenvalue weighted by molar-refractivity contribution is 0.825. The van der Waals surface area contributed by atoms with Crippen molar-refractivity contribution in [3.63, 3.8) is 0 Å². The van der Waals surface area contributed by atoms with Gasteiger partial charge in [-0.05, 0) is 24.4 Å². The maximum Gasteiger partial charge on any atom is 0.178 e. The average molecular weight is 294 g/mol. The molecule has 84 valence electrons. The third kappa shape index (κ3) is 2.13. The second-order valence-electron chi connectivity index (χ2n) is 3.32. The lowest BCUT2D eigenvalue weighted by Gasteiger charge is -2.03. The maximum atomic E-state index is 5.96. The smallest absolute Gasteiger partial charge is 0.178 e. The third-order valence-electron chi connectivity index (χ3n) is 2.15. The van der Waals surface area contributed by atoms with Gasteiger partial charge in [0.25, 0.3) is 0 Å². The zero-order chi connectivity index (χ0) is 11.9. The van der Waals surface area contributed by atoms with Gasteiger partial charge in [0.2, 0.25) is 0 Å². The van der Waals surface area contributed by atoms with Gasteiger partial charge >= 0.3 is 0 Å². The van der Waals surface area contributed by atoms with Crippen LogP contribution in [-0.4, -0.2) is 9.55 Å². The van der Waals surface area contributed by atoms with E-state index in [1.165, 1.54) is 0 Å². The van der Waals surface area contributed by atoms with Crippen molar-refractivity contribution >= 4 is 58.1 Å². The number of hydrogen-bond donors (Lipinski definition) is 1. The number of imidazole rings is 1. The van der Waals surface area contributed by atoms with E-state index in [1.807, 2.05) is 4.57 Å². The van der Waals surface area contributed by atoms with Crippen molar-refractivity contribution in [3.8, 4) is 0 Å². The van der Waals surface area contributed by atoms with Gasteiger partial charge in [-0.15, -0.1) is 0 Å². The van der Waals surface area contributed by atoms with Gasteiger partial charge in [0.1, 0.15) is 0 Å². The summed E-state index contributed by atoms with van der Waals surface area (Å²) < 4.78 is 2.39. The highest BCUT2D eigenvalue weighted by molar-refractivity contribution is 7.71. The summed E-state index contributed by atoms with van der Waals surface area (Å²) in [6.45, 7) is 4.09. The first kappa shape index (κ1) is 12.0. The van der Waals surface area contributed by atoms with Crippen LogP contribution in [0.1, 0.15) is 0 Å². The Morgan fingerprint density at radius 1 is 1.38 bits per heavy atom. The highest BCUT2D eigenvalue weighted by atomic mass is 35.5. The normalized spacial score (nSPS) is 10.9. The first-order valence-corrected chi connectivity index (χ1v) is 5.94. The van der Waals surface area contributed by atoms with Gasteiger partial charge in [0, 0.05) is 5.03 Å². The molecular formula is C10H7Cl3N2S. The van der Waals surface area contributed by atoms with Gasteiger partial charge in [-0.25, -0.2) is 0 Å². The zero-order valence-corrected chi connectivity index (χ0v) is 11.1. The summed E-state index contributed by atoms with van der Waals surface area (Å²) >= 11 is 22.8. The second kappa shape index (κ2) is 4.41. The molecule has 0 unspecified atom stereocenters. The molecular weight excluding hydrogens is 287 g/mol. The Hall–Kier alpha value is -0.480. The SMILES string of the molecule is C=C(Cl)Cn1c(=S)[nH]c2cc(Cl)c(Cl)cc21. The first-order chi connectivity index (χ1) is 7.49. The molecule has 2 rings (SSSR count). The minimum atomic E-state index is 0.443. The van der Waals surface area contributed by atoms with Crippen molar-refractivity contribution in [2.45, 2.75) is 6.54 Å². The zero-order valence-electron chi connectivity index (χ0n) is 8.06. The van der Waals surface area contributed by atoms with E-state index in [1.54, 1.807) is 12.1 Å². The van der Waals surface area contributed by atoms with Crippen LogP contribution in [0.5, 0.6) is 0 Å². The highest BCUT2D eigenvalue weighted by Gasteiger charge is 2.08. The number of fused-ring (bicyclic) bond motifs is 1.